The number of benzene rings is 1. The predicted octanol–water partition coefficient (Wildman–Crippen LogP) is 3.36. The smallest absolute Gasteiger partial charge is 0.251 e. The molecule has 1 aliphatic carbocycles. The van der Waals surface area contributed by atoms with Crippen LogP contribution in [0.5, 0.6) is 0 Å². The van der Waals surface area contributed by atoms with E-state index in [0.717, 1.165) is 21.4 Å². The van der Waals surface area contributed by atoms with Crippen LogP contribution in [-0.2, 0) is 6.42 Å². The second kappa shape index (κ2) is 5.12. The summed E-state index contributed by atoms with van der Waals surface area (Å²) in [5, 5.41) is 10.4. The van der Waals surface area contributed by atoms with Gasteiger partial charge >= 0.3 is 0 Å². The van der Waals surface area contributed by atoms with Crippen molar-refractivity contribution in [1.29, 1.82) is 0 Å². The lowest BCUT2D eigenvalue weighted by Gasteiger charge is -2.18. The Labute approximate surface area is 137 Å². The van der Waals surface area contributed by atoms with E-state index in [9.17, 15) is 4.79 Å². The molecule has 1 heterocycles. The molecule has 2 N–H and O–H groups in total. The van der Waals surface area contributed by atoms with Crippen molar-refractivity contribution >= 4 is 28.5 Å². The van der Waals surface area contributed by atoms with Crippen LogP contribution in [0, 0.1) is 9.12 Å². The molecule has 1 aliphatic rings. The molecule has 0 atom stereocenters. The second-order valence-electron chi connectivity index (χ2n) is 6.66. The number of rotatable bonds is 2. The zero-order chi connectivity index (χ0) is 15.2. The van der Waals surface area contributed by atoms with E-state index in [1.165, 1.54) is 11.1 Å². The van der Waals surface area contributed by atoms with E-state index in [-0.39, 0.29) is 11.3 Å². The lowest BCUT2D eigenvalue weighted by Crippen LogP contribution is -2.32. The first-order chi connectivity index (χ1) is 9.85. The molecule has 1 aromatic carbocycles. The maximum atomic E-state index is 12.3. The summed E-state index contributed by atoms with van der Waals surface area (Å²) in [6.07, 6.45) is 0.892. The average Bonchev–Trinajstić information content (AvgIpc) is 2.95. The summed E-state index contributed by atoms with van der Waals surface area (Å²) in [5.74, 6) is -0.0218. The third kappa shape index (κ3) is 2.84. The monoisotopic (exact) mass is 395 g/mol. The summed E-state index contributed by atoms with van der Waals surface area (Å²) in [4.78, 5) is 12.3. The first-order valence-electron chi connectivity index (χ1n) is 6.99. The van der Waals surface area contributed by atoms with Crippen molar-refractivity contribution in [3.05, 3.63) is 38.6 Å². The molecule has 1 aromatic heterocycles. The number of nitrogens with zero attached hydrogens (tertiary/aromatic N) is 1. The van der Waals surface area contributed by atoms with Gasteiger partial charge in [-0.3, -0.25) is 9.89 Å². The van der Waals surface area contributed by atoms with E-state index < -0.39 is 0 Å². The highest BCUT2D eigenvalue weighted by Crippen LogP contribution is 2.37. The molecular weight excluding hydrogens is 377 g/mol. The number of carbonyl (C=O) groups is 1. The van der Waals surface area contributed by atoms with Crippen molar-refractivity contribution in [2.45, 2.75) is 27.2 Å². The zero-order valence-corrected chi connectivity index (χ0v) is 14.5. The molecule has 5 heteroatoms. The normalized spacial score (nSPS) is 13.0. The van der Waals surface area contributed by atoms with Gasteiger partial charge in [0.15, 0.2) is 0 Å². The van der Waals surface area contributed by atoms with Gasteiger partial charge in [-0.25, -0.2) is 0 Å². The van der Waals surface area contributed by atoms with Crippen LogP contribution in [0.25, 0.3) is 11.3 Å². The summed E-state index contributed by atoms with van der Waals surface area (Å²) < 4.78 is 1.08. The van der Waals surface area contributed by atoms with E-state index in [0.29, 0.717) is 12.1 Å². The molecule has 4 nitrogen and oxygen atoms in total. The molecule has 0 saturated heterocycles. The first-order valence-corrected chi connectivity index (χ1v) is 8.07. The fourth-order valence-corrected chi connectivity index (χ4v) is 3.03. The number of carbonyl (C=O) groups excluding carboxylic acids is 1. The number of H-pyrrole nitrogens is 1. The fraction of sp³-hybridized carbons (Fsp3) is 0.375. The highest BCUT2D eigenvalue weighted by Gasteiger charge is 2.25. The highest BCUT2D eigenvalue weighted by atomic mass is 127. The summed E-state index contributed by atoms with van der Waals surface area (Å²) in [5.41, 5.74) is 5.32. The molecule has 3 rings (SSSR count). The lowest BCUT2D eigenvalue weighted by molar-refractivity contribution is 0.0939. The Bertz CT molecular complexity index is 713. The van der Waals surface area contributed by atoms with Crippen LogP contribution in [0.3, 0.4) is 0 Å². The Morgan fingerprint density at radius 1 is 1.43 bits per heavy atom. The number of aromatic nitrogens is 2. The van der Waals surface area contributed by atoms with Crippen molar-refractivity contribution in [1.82, 2.24) is 15.5 Å². The van der Waals surface area contributed by atoms with Crippen molar-refractivity contribution in [2.24, 2.45) is 5.41 Å². The second-order valence-corrected chi connectivity index (χ2v) is 7.74. The average molecular weight is 395 g/mol. The Morgan fingerprint density at radius 2 is 2.19 bits per heavy atom. The number of halogens is 1. The van der Waals surface area contributed by atoms with Gasteiger partial charge in [-0.2, -0.15) is 5.10 Å². The standard InChI is InChI=1S/C16H18IN3O/c1-16(2,3)8-18-15(21)10-5-4-9-6-12-13(11(9)7-10)19-20-14(12)17/h4-5,7H,6,8H2,1-3H3,(H,18,21)(H,19,20). The maximum absolute atomic E-state index is 12.3. The van der Waals surface area contributed by atoms with Gasteiger partial charge < -0.3 is 5.32 Å². The molecule has 1 amide bonds. The topological polar surface area (TPSA) is 57.8 Å². The van der Waals surface area contributed by atoms with Crippen molar-refractivity contribution < 1.29 is 4.79 Å². The van der Waals surface area contributed by atoms with E-state index in [1.54, 1.807) is 0 Å². The number of hydrogen-bond acceptors (Lipinski definition) is 2. The summed E-state index contributed by atoms with van der Waals surface area (Å²) in [6, 6.07) is 5.90. The van der Waals surface area contributed by atoms with Gasteiger partial charge in [0.1, 0.15) is 0 Å². The molecule has 0 saturated carbocycles. The molecular formula is C16H18IN3O. The largest absolute Gasteiger partial charge is 0.352 e. The molecule has 0 aliphatic heterocycles. The van der Waals surface area contributed by atoms with Crippen LogP contribution in [0.15, 0.2) is 18.2 Å². The third-order valence-corrected chi connectivity index (χ3v) is 4.48. The van der Waals surface area contributed by atoms with Crippen molar-refractivity contribution in [3.8, 4) is 11.3 Å². The first kappa shape index (κ1) is 14.6. The van der Waals surface area contributed by atoms with Gasteiger partial charge in [0.05, 0.1) is 9.39 Å². The summed E-state index contributed by atoms with van der Waals surface area (Å²) >= 11 is 2.27. The summed E-state index contributed by atoms with van der Waals surface area (Å²) in [7, 11) is 0. The molecule has 2 aromatic rings. The van der Waals surface area contributed by atoms with Crippen LogP contribution in [-0.4, -0.2) is 22.6 Å². The van der Waals surface area contributed by atoms with E-state index in [2.05, 4.69) is 58.9 Å². The van der Waals surface area contributed by atoms with Crippen LogP contribution in [0.1, 0.15) is 42.3 Å². The van der Waals surface area contributed by atoms with Crippen LogP contribution in [0.4, 0.5) is 0 Å². The van der Waals surface area contributed by atoms with Gasteiger partial charge in [-0.05, 0) is 45.7 Å². The van der Waals surface area contributed by atoms with Crippen LogP contribution >= 0.6 is 22.6 Å². The minimum Gasteiger partial charge on any atom is -0.352 e. The SMILES string of the molecule is CC(C)(C)CNC(=O)c1ccc2c(c1)-c1n[nH]c(I)c1C2. The van der Waals surface area contributed by atoms with Crippen molar-refractivity contribution in [2.75, 3.05) is 6.54 Å². The molecule has 0 fully saturated rings. The number of fused-ring (bicyclic) bond motifs is 3. The Balaban J connectivity index is 1.86. The molecule has 21 heavy (non-hydrogen) atoms. The molecule has 0 spiro atoms. The number of aromatic amines is 1. The molecule has 0 radical (unpaired) electrons. The van der Waals surface area contributed by atoms with Crippen molar-refractivity contribution in [3.63, 3.8) is 0 Å². The lowest BCUT2D eigenvalue weighted by atomic mass is 9.96. The number of nitrogens with one attached hydrogen (secondary N) is 2. The Kier molecular flexibility index (Phi) is 3.55. The van der Waals surface area contributed by atoms with Gasteiger partial charge in [0.2, 0.25) is 0 Å². The minimum atomic E-state index is -0.0218. The molecule has 110 valence electrons. The van der Waals surface area contributed by atoms with Gasteiger partial charge in [0.25, 0.3) is 5.91 Å². The molecule has 0 bridgehead atoms. The Hall–Kier alpha value is -1.37. The van der Waals surface area contributed by atoms with Gasteiger partial charge in [-0.15, -0.1) is 0 Å². The quantitative estimate of drug-likeness (QED) is 0.654. The highest BCUT2D eigenvalue weighted by molar-refractivity contribution is 14.1. The Morgan fingerprint density at radius 3 is 2.90 bits per heavy atom. The van der Waals surface area contributed by atoms with Crippen LogP contribution < -0.4 is 5.32 Å². The van der Waals surface area contributed by atoms with Gasteiger partial charge in [-0.1, -0.05) is 26.8 Å². The fourth-order valence-electron chi connectivity index (χ4n) is 2.46. The minimum absolute atomic E-state index is 0.0218. The van der Waals surface area contributed by atoms with E-state index in [4.69, 9.17) is 0 Å². The van der Waals surface area contributed by atoms with E-state index >= 15 is 0 Å². The van der Waals surface area contributed by atoms with Gasteiger partial charge in [0, 0.05) is 29.7 Å². The number of amides is 1. The summed E-state index contributed by atoms with van der Waals surface area (Å²) in [6.45, 7) is 6.98. The maximum Gasteiger partial charge on any atom is 0.251 e. The zero-order valence-electron chi connectivity index (χ0n) is 12.4. The predicted molar refractivity (Wildman–Crippen MR) is 91.3 cm³/mol. The number of hydrogen-bond donors (Lipinski definition) is 2. The van der Waals surface area contributed by atoms with Crippen LogP contribution in [0.2, 0.25) is 0 Å². The van der Waals surface area contributed by atoms with E-state index in [1.807, 2.05) is 18.2 Å². The molecule has 0 unspecified atom stereocenters. The third-order valence-electron chi connectivity index (χ3n) is 3.59.